The van der Waals surface area contributed by atoms with Crippen LogP contribution in [0.1, 0.15) is 35.4 Å². The number of halogens is 2. The molecule has 3 rings (SSSR count). The molecule has 1 atom stereocenters. The molecule has 9 heteroatoms. The second kappa shape index (κ2) is 11.0. The van der Waals surface area contributed by atoms with Crippen LogP contribution in [0.5, 0.6) is 0 Å². The largest absolute Gasteiger partial charge is 0.361 e. The fourth-order valence-corrected chi connectivity index (χ4v) is 3.87. The van der Waals surface area contributed by atoms with Gasteiger partial charge in [0.2, 0.25) is 5.91 Å². The summed E-state index contributed by atoms with van der Waals surface area (Å²) in [6.07, 6.45) is 0. The van der Waals surface area contributed by atoms with Gasteiger partial charge >= 0.3 is 0 Å². The molecule has 1 N–H and O–H groups in total. The van der Waals surface area contributed by atoms with E-state index in [1.165, 1.54) is 0 Å². The van der Waals surface area contributed by atoms with E-state index in [1.807, 2.05) is 47.9 Å². The molecule has 2 aromatic rings. The Morgan fingerprint density at radius 2 is 2.00 bits per heavy atom. The monoisotopic (exact) mass is 545 g/mol. The van der Waals surface area contributed by atoms with E-state index in [1.54, 1.807) is 7.05 Å². The quantitative estimate of drug-likeness (QED) is 0.353. The second-order valence-electron chi connectivity index (χ2n) is 7.43. The molecule has 0 aliphatic carbocycles. The van der Waals surface area contributed by atoms with Crippen molar-refractivity contribution in [1.29, 1.82) is 0 Å². The number of benzene rings is 1. The highest BCUT2D eigenvalue weighted by Gasteiger charge is 2.26. The molecule has 1 aromatic heterocycles. The van der Waals surface area contributed by atoms with Crippen LogP contribution in [0, 0.1) is 13.8 Å². The third kappa shape index (κ3) is 5.87. The van der Waals surface area contributed by atoms with Crippen molar-refractivity contribution in [1.82, 2.24) is 20.3 Å². The van der Waals surface area contributed by atoms with Gasteiger partial charge in [-0.25, -0.2) is 0 Å². The first-order valence-corrected chi connectivity index (χ1v) is 10.2. The molecule has 0 radical (unpaired) electrons. The molecule has 1 aromatic carbocycles. The van der Waals surface area contributed by atoms with Gasteiger partial charge in [-0.15, -0.1) is 24.0 Å². The fraction of sp³-hybridized carbons (Fsp3) is 0.476. The van der Waals surface area contributed by atoms with Crippen LogP contribution in [-0.4, -0.2) is 60.0 Å². The number of nitrogens with one attached hydrogen (secondary N) is 1. The van der Waals surface area contributed by atoms with Gasteiger partial charge in [0.05, 0.1) is 12.2 Å². The second-order valence-corrected chi connectivity index (χ2v) is 7.87. The summed E-state index contributed by atoms with van der Waals surface area (Å²) in [6.45, 7) is 9.00. The topological polar surface area (TPSA) is 74.0 Å². The molecule has 30 heavy (non-hydrogen) atoms. The summed E-state index contributed by atoms with van der Waals surface area (Å²) in [6, 6.07) is 7.62. The number of nitrogens with zero attached hydrogens (tertiary/aromatic N) is 4. The standard InChI is InChI=1S/C21H28ClN5O2.HI/c1-14(20-15(2)25-29-16(20)3)11-24-21(23-4)27-10-9-26(19(28)13-27)12-17-5-7-18(22)8-6-17;/h5-8,14H,9-13H2,1-4H3,(H,23,24);1H. The first-order chi connectivity index (χ1) is 13.9. The highest BCUT2D eigenvalue weighted by Crippen LogP contribution is 2.22. The summed E-state index contributed by atoms with van der Waals surface area (Å²) in [7, 11) is 1.74. The Kier molecular flexibility index (Phi) is 8.96. The number of aryl methyl sites for hydroxylation is 2. The summed E-state index contributed by atoms with van der Waals surface area (Å²) in [5.74, 6) is 1.90. The Bertz CT molecular complexity index is 865. The zero-order valence-electron chi connectivity index (χ0n) is 17.8. The van der Waals surface area contributed by atoms with Crippen molar-refractivity contribution >= 4 is 47.4 Å². The van der Waals surface area contributed by atoms with Crippen molar-refractivity contribution in [2.75, 3.05) is 33.2 Å². The number of piperazine rings is 1. The number of carbonyl (C=O) groups excluding carboxylic acids is 1. The minimum atomic E-state index is 0. The summed E-state index contributed by atoms with van der Waals surface area (Å²) < 4.78 is 5.27. The molecule has 1 fully saturated rings. The van der Waals surface area contributed by atoms with Gasteiger partial charge in [0.15, 0.2) is 5.96 Å². The maximum Gasteiger partial charge on any atom is 0.242 e. The number of carbonyl (C=O) groups is 1. The van der Waals surface area contributed by atoms with Crippen LogP contribution < -0.4 is 5.32 Å². The van der Waals surface area contributed by atoms with Gasteiger partial charge in [0, 0.05) is 49.7 Å². The van der Waals surface area contributed by atoms with Crippen molar-refractivity contribution in [3.05, 3.63) is 51.9 Å². The Morgan fingerprint density at radius 3 is 2.57 bits per heavy atom. The molecule has 1 aliphatic heterocycles. The molecule has 7 nitrogen and oxygen atoms in total. The van der Waals surface area contributed by atoms with E-state index in [9.17, 15) is 4.79 Å². The predicted octanol–water partition coefficient (Wildman–Crippen LogP) is 3.59. The zero-order chi connectivity index (χ0) is 21.0. The van der Waals surface area contributed by atoms with Crippen molar-refractivity contribution < 1.29 is 9.32 Å². The van der Waals surface area contributed by atoms with E-state index >= 15 is 0 Å². The molecular weight excluding hydrogens is 517 g/mol. The average Bonchev–Trinajstić information content (AvgIpc) is 3.04. The van der Waals surface area contributed by atoms with Crippen LogP contribution in [0.3, 0.4) is 0 Å². The smallest absolute Gasteiger partial charge is 0.242 e. The summed E-state index contributed by atoms with van der Waals surface area (Å²) in [4.78, 5) is 20.9. The molecular formula is C21H29ClIN5O2. The Balaban J connectivity index is 0.00000320. The zero-order valence-corrected chi connectivity index (χ0v) is 20.9. The number of hydrogen-bond acceptors (Lipinski definition) is 4. The molecule has 1 saturated heterocycles. The molecule has 0 bridgehead atoms. The highest BCUT2D eigenvalue weighted by molar-refractivity contribution is 14.0. The van der Waals surface area contributed by atoms with Gasteiger partial charge in [-0.2, -0.15) is 0 Å². The Hall–Kier alpha value is -1.81. The summed E-state index contributed by atoms with van der Waals surface area (Å²) in [5.41, 5.74) is 3.11. The number of rotatable bonds is 5. The van der Waals surface area contributed by atoms with E-state index < -0.39 is 0 Å². The molecule has 0 saturated carbocycles. The Morgan fingerprint density at radius 1 is 1.30 bits per heavy atom. The van der Waals surface area contributed by atoms with Crippen LogP contribution in [0.2, 0.25) is 5.02 Å². The predicted molar refractivity (Wildman–Crippen MR) is 130 cm³/mol. The lowest BCUT2D eigenvalue weighted by atomic mass is 10.00. The third-order valence-electron chi connectivity index (χ3n) is 5.26. The lowest BCUT2D eigenvalue weighted by Gasteiger charge is -2.36. The van der Waals surface area contributed by atoms with E-state index in [0.29, 0.717) is 31.2 Å². The number of aromatic nitrogens is 1. The first-order valence-electron chi connectivity index (χ1n) is 9.79. The van der Waals surface area contributed by atoms with Crippen LogP contribution >= 0.6 is 35.6 Å². The number of aliphatic imine (C=N–C) groups is 1. The molecule has 2 heterocycles. The minimum absolute atomic E-state index is 0. The molecule has 1 aliphatic rings. The first kappa shape index (κ1) is 24.5. The van der Waals surface area contributed by atoms with Crippen molar-refractivity contribution in [3.8, 4) is 0 Å². The molecule has 0 spiro atoms. The molecule has 164 valence electrons. The van der Waals surface area contributed by atoms with Gasteiger partial charge in [-0.1, -0.05) is 35.8 Å². The molecule has 1 amide bonds. The normalized spacial score (nSPS) is 15.8. The van der Waals surface area contributed by atoms with E-state index in [4.69, 9.17) is 16.1 Å². The fourth-order valence-electron chi connectivity index (χ4n) is 3.74. The lowest BCUT2D eigenvalue weighted by molar-refractivity contribution is -0.135. The average molecular weight is 546 g/mol. The van der Waals surface area contributed by atoms with Gasteiger partial charge < -0.3 is 19.6 Å². The van der Waals surface area contributed by atoms with Gasteiger partial charge in [-0.3, -0.25) is 9.79 Å². The Labute approximate surface area is 199 Å². The number of guanidine groups is 1. The van der Waals surface area contributed by atoms with Crippen molar-refractivity contribution in [2.45, 2.75) is 33.2 Å². The van der Waals surface area contributed by atoms with Crippen LogP contribution in [0.4, 0.5) is 0 Å². The van der Waals surface area contributed by atoms with Gasteiger partial charge in [-0.05, 0) is 31.5 Å². The highest BCUT2D eigenvalue weighted by atomic mass is 127. The van der Waals surface area contributed by atoms with E-state index in [0.717, 1.165) is 35.1 Å². The maximum atomic E-state index is 12.7. The van der Waals surface area contributed by atoms with Crippen molar-refractivity contribution in [3.63, 3.8) is 0 Å². The minimum Gasteiger partial charge on any atom is -0.361 e. The third-order valence-corrected chi connectivity index (χ3v) is 5.52. The summed E-state index contributed by atoms with van der Waals surface area (Å²) in [5, 5.41) is 8.12. The maximum absolute atomic E-state index is 12.7. The number of amides is 1. The lowest BCUT2D eigenvalue weighted by Crippen LogP contribution is -2.55. The number of hydrogen-bond donors (Lipinski definition) is 1. The SMILES string of the molecule is CN=C(NCC(C)c1c(C)noc1C)N1CCN(Cc2ccc(Cl)cc2)C(=O)C1.I. The van der Waals surface area contributed by atoms with Gasteiger partial charge in [0.25, 0.3) is 0 Å². The summed E-state index contributed by atoms with van der Waals surface area (Å²) >= 11 is 5.94. The van der Waals surface area contributed by atoms with Crippen LogP contribution in [0.25, 0.3) is 0 Å². The van der Waals surface area contributed by atoms with E-state index in [-0.39, 0.29) is 35.8 Å². The van der Waals surface area contributed by atoms with Crippen LogP contribution in [0.15, 0.2) is 33.8 Å². The van der Waals surface area contributed by atoms with Crippen molar-refractivity contribution in [2.24, 2.45) is 4.99 Å². The van der Waals surface area contributed by atoms with E-state index in [2.05, 4.69) is 22.4 Å². The van der Waals surface area contributed by atoms with Crippen LogP contribution in [-0.2, 0) is 11.3 Å². The molecule has 1 unspecified atom stereocenters. The van der Waals surface area contributed by atoms with Gasteiger partial charge in [0.1, 0.15) is 5.76 Å².